The summed E-state index contributed by atoms with van der Waals surface area (Å²) in [5, 5.41) is 11.1. The molecule has 9 nitrogen and oxygen atoms in total. The molecule has 1 aliphatic heterocycles. The number of hydrogen-bond acceptors (Lipinski definition) is 7. The number of carbonyl (C=O) groups excluding carboxylic acids is 2. The van der Waals surface area contributed by atoms with Crippen LogP contribution in [0.4, 0.5) is 0 Å². The molecule has 4 rings (SSSR count). The highest BCUT2D eigenvalue weighted by atomic mass is 79.9. The van der Waals surface area contributed by atoms with Gasteiger partial charge in [-0.25, -0.2) is 10.2 Å². The molecule has 1 aliphatic rings. The fourth-order valence-corrected chi connectivity index (χ4v) is 6.12. The van der Waals surface area contributed by atoms with E-state index in [0.29, 0.717) is 59.6 Å². The van der Waals surface area contributed by atoms with Crippen LogP contribution in [0, 0.1) is 0 Å². The number of esters is 1. The van der Waals surface area contributed by atoms with Gasteiger partial charge in [-0.3, -0.25) is 4.79 Å². The first-order chi connectivity index (χ1) is 20.7. The van der Waals surface area contributed by atoms with Gasteiger partial charge in [0.2, 0.25) is 0 Å². The van der Waals surface area contributed by atoms with Crippen molar-refractivity contribution >= 4 is 78.9 Å². The van der Waals surface area contributed by atoms with Crippen LogP contribution in [-0.2, 0) is 20.9 Å². The van der Waals surface area contributed by atoms with E-state index in [0.717, 1.165) is 5.56 Å². The minimum Gasteiger partial charge on any atom is -0.487 e. The zero-order valence-corrected chi connectivity index (χ0v) is 27.8. The maximum atomic E-state index is 12.7. The summed E-state index contributed by atoms with van der Waals surface area (Å²) < 4.78 is 18.4. The molecule has 3 N–H and O–H groups in total. The first kappa shape index (κ1) is 32.5. The zero-order valence-electron chi connectivity index (χ0n) is 23.1. The van der Waals surface area contributed by atoms with E-state index in [4.69, 9.17) is 38.0 Å². The van der Waals surface area contributed by atoms with Crippen molar-refractivity contribution < 1.29 is 23.8 Å². The van der Waals surface area contributed by atoms with Gasteiger partial charge in [-0.15, -0.1) is 0 Å². The molecule has 1 heterocycles. The Bertz CT molecular complexity index is 1580. The normalized spacial score (nSPS) is 14.6. The summed E-state index contributed by atoms with van der Waals surface area (Å²) in [4.78, 5) is 25.3. The number of nitrogens with zero attached hydrogens (tertiary/aromatic N) is 1. The van der Waals surface area contributed by atoms with Gasteiger partial charge in [-0.2, -0.15) is 5.10 Å². The lowest BCUT2D eigenvalue weighted by atomic mass is 9.95. The molecule has 3 aromatic carbocycles. The number of ether oxygens (including phenoxy) is 3. The van der Waals surface area contributed by atoms with Gasteiger partial charge in [-0.1, -0.05) is 41.9 Å². The molecule has 43 heavy (non-hydrogen) atoms. The van der Waals surface area contributed by atoms with Gasteiger partial charge in [-0.05, 0) is 99.4 Å². The van der Waals surface area contributed by atoms with Crippen molar-refractivity contribution in [2.24, 2.45) is 5.10 Å². The SMILES string of the molecule is CCOC(=O)C1=C(C)NC(=S)N[C@H]1c1ccccc1OCC(=O)NN=Cc1cc(Br)c(OCc2cccc(Cl)c2)c(Br)c1. The molecule has 13 heteroatoms. The van der Waals surface area contributed by atoms with E-state index in [1.54, 1.807) is 44.2 Å². The first-order valence-corrected chi connectivity index (χ1v) is 15.4. The fourth-order valence-electron chi connectivity index (χ4n) is 4.19. The number of allylic oxidation sites excluding steroid dienone is 1. The Morgan fingerprint density at radius 2 is 1.84 bits per heavy atom. The first-order valence-electron chi connectivity index (χ1n) is 13.0. The smallest absolute Gasteiger partial charge is 0.338 e. The number of hydrogen-bond donors (Lipinski definition) is 3. The predicted molar refractivity (Wildman–Crippen MR) is 176 cm³/mol. The quantitative estimate of drug-likeness (QED) is 0.0904. The van der Waals surface area contributed by atoms with Crippen molar-refractivity contribution in [3.05, 3.63) is 103 Å². The van der Waals surface area contributed by atoms with Crippen LogP contribution in [0.5, 0.6) is 11.5 Å². The Morgan fingerprint density at radius 3 is 2.56 bits per heavy atom. The average Bonchev–Trinajstić information content (AvgIpc) is 2.95. The summed E-state index contributed by atoms with van der Waals surface area (Å²) in [6.45, 7) is 3.73. The molecule has 0 saturated carbocycles. The van der Waals surface area contributed by atoms with Crippen LogP contribution in [0.25, 0.3) is 0 Å². The predicted octanol–water partition coefficient (Wildman–Crippen LogP) is 6.33. The van der Waals surface area contributed by atoms with E-state index in [-0.39, 0.29) is 13.2 Å². The number of benzene rings is 3. The molecular formula is C30H27Br2ClN4O5S. The van der Waals surface area contributed by atoms with E-state index in [1.807, 2.05) is 30.3 Å². The van der Waals surface area contributed by atoms with Crippen LogP contribution in [-0.4, -0.2) is 36.4 Å². The summed E-state index contributed by atoms with van der Waals surface area (Å²) in [6, 6.07) is 17.5. The zero-order chi connectivity index (χ0) is 30.9. The number of rotatable bonds is 11. The minimum absolute atomic E-state index is 0.224. The average molecular weight is 751 g/mol. The van der Waals surface area contributed by atoms with Crippen molar-refractivity contribution in [3.8, 4) is 11.5 Å². The Morgan fingerprint density at radius 1 is 1.09 bits per heavy atom. The van der Waals surface area contributed by atoms with Crippen LogP contribution >= 0.6 is 55.7 Å². The number of nitrogens with one attached hydrogen (secondary N) is 3. The van der Waals surface area contributed by atoms with Gasteiger partial charge < -0.3 is 24.8 Å². The van der Waals surface area contributed by atoms with E-state index in [2.05, 4.69) is 53.0 Å². The second-order valence-corrected chi connectivity index (χ2v) is 11.7. The lowest BCUT2D eigenvalue weighted by Crippen LogP contribution is -2.45. The molecule has 3 aromatic rings. The maximum absolute atomic E-state index is 12.7. The van der Waals surface area contributed by atoms with Crippen molar-refractivity contribution in [3.63, 3.8) is 0 Å². The van der Waals surface area contributed by atoms with Gasteiger partial charge >= 0.3 is 5.97 Å². The van der Waals surface area contributed by atoms with E-state index in [1.165, 1.54) is 6.21 Å². The highest BCUT2D eigenvalue weighted by Crippen LogP contribution is 2.35. The third kappa shape index (κ3) is 8.79. The Labute approximate surface area is 276 Å². The second-order valence-electron chi connectivity index (χ2n) is 9.14. The maximum Gasteiger partial charge on any atom is 0.338 e. The lowest BCUT2D eigenvalue weighted by molar-refractivity contribution is -0.139. The number of thiocarbonyl (C=S) groups is 1. The molecule has 0 aromatic heterocycles. The molecular weight excluding hydrogens is 724 g/mol. The molecule has 1 amide bonds. The highest BCUT2D eigenvalue weighted by Gasteiger charge is 2.32. The van der Waals surface area contributed by atoms with Crippen molar-refractivity contribution in [1.29, 1.82) is 0 Å². The molecule has 0 radical (unpaired) electrons. The summed E-state index contributed by atoms with van der Waals surface area (Å²) in [5.74, 6) is 0.0678. The van der Waals surface area contributed by atoms with E-state index in [9.17, 15) is 9.59 Å². The Kier molecular flexibility index (Phi) is 11.6. The summed E-state index contributed by atoms with van der Waals surface area (Å²) in [6.07, 6.45) is 1.50. The fraction of sp³-hybridized carbons (Fsp3) is 0.200. The summed E-state index contributed by atoms with van der Waals surface area (Å²) in [7, 11) is 0. The Hall–Kier alpha value is -3.45. The number of halogens is 3. The summed E-state index contributed by atoms with van der Waals surface area (Å²) in [5.41, 5.74) is 5.68. The number of carbonyl (C=O) groups is 2. The van der Waals surface area contributed by atoms with Gasteiger partial charge in [0.15, 0.2) is 11.7 Å². The van der Waals surface area contributed by atoms with Crippen molar-refractivity contribution in [2.75, 3.05) is 13.2 Å². The molecule has 0 aliphatic carbocycles. The van der Waals surface area contributed by atoms with Crippen LogP contribution in [0.3, 0.4) is 0 Å². The molecule has 0 fully saturated rings. The summed E-state index contributed by atoms with van der Waals surface area (Å²) >= 11 is 18.4. The topological polar surface area (TPSA) is 110 Å². The van der Waals surface area contributed by atoms with Crippen LogP contribution in [0.15, 0.2) is 86.0 Å². The van der Waals surface area contributed by atoms with Gasteiger partial charge in [0.1, 0.15) is 18.1 Å². The van der Waals surface area contributed by atoms with Crippen LogP contribution in [0.2, 0.25) is 5.02 Å². The third-order valence-corrected chi connectivity index (χ3v) is 7.68. The third-order valence-electron chi connectivity index (χ3n) is 6.05. The number of amides is 1. The molecule has 1 atom stereocenters. The standard InChI is InChI=1S/C30H27Br2ClN4O5S/c1-3-40-29(39)26-17(2)35-30(43)36-27(26)21-9-4-5-10-24(21)41-16-25(38)37-34-14-19-12-22(31)28(23(32)13-19)42-15-18-7-6-8-20(33)11-18/h4-14,27H,3,15-16H2,1-2H3,(H,37,38)(H2,35,36,43)/t27-/m0/s1. The number of hydrazone groups is 1. The van der Waals surface area contributed by atoms with Crippen LogP contribution < -0.4 is 25.5 Å². The molecule has 0 spiro atoms. The molecule has 0 bridgehead atoms. The Balaban J connectivity index is 1.38. The van der Waals surface area contributed by atoms with Gasteiger partial charge in [0, 0.05) is 16.3 Å². The molecule has 0 unspecified atom stereocenters. The largest absolute Gasteiger partial charge is 0.487 e. The van der Waals surface area contributed by atoms with Gasteiger partial charge in [0.25, 0.3) is 5.91 Å². The minimum atomic E-state index is -0.626. The van der Waals surface area contributed by atoms with E-state index >= 15 is 0 Å². The number of para-hydroxylation sites is 1. The monoisotopic (exact) mass is 748 g/mol. The lowest BCUT2D eigenvalue weighted by Gasteiger charge is -2.30. The molecule has 0 saturated heterocycles. The molecule has 224 valence electrons. The second kappa shape index (κ2) is 15.3. The highest BCUT2D eigenvalue weighted by molar-refractivity contribution is 9.11. The van der Waals surface area contributed by atoms with Crippen molar-refractivity contribution in [1.82, 2.24) is 16.1 Å². The van der Waals surface area contributed by atoms with E-state index < -0.39 is 17.9 Å². The van der Waals surface area contributed by atoms with Gasteiger partial charge in [0.05, 0.1) is 33.4 Å². The van der Waals surface area contributed by atoms with Crippen molar-refractivity contribution in [2.45, 2.75) is 26.5 Å². The van der Waals surface area contributed by atoms with Crippen LogP contribution in [0.1, 0.15) is 36.6 Å².